The minimum Gasteiger partial charge on any atom is -0.468 e. The lowest BCUT2D eigenvalue weighted by Crippen LogP contribution is -2.31. The third kappa shape index (κ3) is 11.1. The first-order valence-corrected chi connectivity index (χ1v) is 18.7. The molecule has 1 saturated carbocycles. The Morgan fingerprint density at radius 3 is 2.46 bits per heavy atom. The first-order valence-electron chi connectivity index (χ1n) is 18.7. The number of hydrogen-bond donors (Lipinski definition) is 0. The highest BCUT2D eigenvalue weighted by atomic mass is 16.7. The zero-order valence-corrected chi connectivity index (χ0v) is 29.9. The second-order valence-electron chi connectivity index (χ2n) is 14.7. The Bertz CT molecular complexity index is 1190. The van der Waals surface area contributed by atoms with E-state index in [-0.39, 0.29) is 42.6 Å². The van der Waals surface area contributed by atoms with E-state index < -0.39 is 5.92 Å². The maximum Gasteiger partial charge on any atom is 0.315 e. The van der Waals surface area contributed by atoms with Crippen molar-refractivity contribution in [1.82, 2.24) is 0 Å². The predicted molar refractivity (Wildman–Crippen MR) is 188 cm³/mol. The Balaban J connectivity index is 1.32. The number of fused-ring (bicyclic) bond motifs is 1. The topological polar surface area (TPSA) is 72.5 Å². The summed E-state index contributed by atoms with van der Waals surface area (Å²) in [6.07, 6.45) is 20.4. The van der Waals surface area contributed by atoms with Gasteiger partial charge in [0.05, 0.1) is 32.5 Å². The Hall–Kier alpha value is -2.29. The average Bonchev–Trinajstić information content (AvgIpc) is 3.64. The third-order valence-electron chi connectivity index (χ3n) is 10.5. The molecule has 3 fully saturated rings. The minimum absolute atomic E-state index is 0.0282. The highest BCUT2D eigenvalue weighted by Crippen LogP contribution is 2.50. The fourth-order valence-electron chi connectivity index (χ4n) is 7.88. The molecule has 7 nitrogen and oxygen atoms in total. The summed E-state index contributed by atoms with van der Waals surface area (Å²) in [6, 6.07) is 10.1. The van der Waals surface area contributed by atoms with Crippen molar-refractivity contribution < 1.29 is 33.2 Å². The molecule has 48 heavy (non-hydrogen) atoms. The van der Waals surface area contributed by atoms with Crippen molar-refractivity contribution in [3.05, 3.63) is 71.3 Å². The molecule has 4 unspecified atom stereocenters. The molecule has 0 N–H and O–H groups in total. The lowest BCUT2D eigenvalue weighted by Gasteiger charge is -2.30. The van der Waals surface area contributed by atoms with Gasteiger partial charge in [0.25, 0.3) is 0 Å². The van der Waals surface area contributed by atoms with E-state index in [1.165, 1.54) is 12.7 Å². The standard InChI is InChI=1S/C41H60O7/c1-29(2)13-12-14-30(3)23-34(47-39-17-8-10-21-45-39)19-20-35-36-25-32(24-33(36)26-38(35)48-40-18-9-11-22-46-40)37(41(42)43-4)28-44-27-31-15-6-5-7-16-31/h5-7,13,15-16,19-20,25,30,33-40H,8-12,14,17-18,21-24,26-28H2,1-4H3/b20-19+/t30?,33-,34+,35+,36-,37?,38+,39?,40?/m0/s1. The molecular formula is C41H60O7. The highest BCUT2D eigenvalue weighted by molar-refractivity contribution is 5.76. The maximum atomic E-state index is 13.1. The summed E-state index contributed by atoms with van der Waals surface area (Å²) in [7, 11) is 1.47. The van der Waals surface area contributed by atoms with Crippen LogP contribution in [0.5, 0.6) is 0 Å². The Labute approximate surface area is 289 Å². The van der Waals surface area contributed by atoms with Crippen molar-refractivity contribution in [2.24, 2.45) is 29.6 Å². The fourth-order valence-corrected chi connectivity index (χ4v) is 7.88. The molecule has 0 amide bonds. The third-order valence-corrected chi connectivity index (χ3v) is 10.5. The largest absolute Gasteiger partial charge is 0.468 e. The van der Waals surface area contributed by atoms with Crippen LogP contribution in [-0.4, -0.2) is 57.7 Å². The van der Waals surface area contributed by atoms with Gasteiger partial charge in [0.2, 0.25) is 0 Å². The number of esters is 1. The molecular weight excluding hydrogens is 604 g/mol. The summed E-state index contributed by atoms with van der Waals surface area (Å²) in [6.45, 7) is 8.98. The molecule has 0 radical (unpaired) electrons. The van der Waals surface area contributed by atoms with E-state index in [2.05, 4.69) is 45.1 Å². The molecule has 0 spiro atoms. The van der Waals surface area contributed by atoms with E-state index in [9.17, 15) is 4.79 Å². The van der Waals surface area contributed by atoms with Crippen LogP contribution >= 0.6 is 0 Å². The highest BCUT2D eigenvalue weighted by Gasteiger charge is 2.47. The van der Waals surface area contributed by atoms with Crippen LogP contribution in [0.2, 0.25) is 0 Å². The van der Waals surface area contributed by atoms with Gasteiger partial charge in [0, 0.05) is 19.1 Å². The van der Waals surface area contributed by atoms with E-state index in [0.29, 0.717) is 25.0 Å². The van der Waals surface area contributed by atoms with Crippen molar-refractivity contribution in [2.75, 3.05) is 26.9 Å². The van der Waals surface area contributed by atoms with Crippen LogP contribution in [0.25, 0.3) is 0 Å². The molecule has 9 atom stereocenters. The molecule has 7 heteroatoms. The van der Waals surface area contributed by atoms with Gasteiger partial charge < -0.3 is 28.4 Å². The molecule has 4 aliphatic rings. The van der Waals surface area contributed by atoms with Gasteiger partial charge in [-0.3, -0.25) is 4.79 Å². The summed E-state index contributed by atoms with van der Waals surface area (Å²) >= 11 is 0. The maximum absolute atomic E-state index is 13.1. The average molecular weight is 665 g/mol. The smallest absolute Gasteiger partial charge is 0.315 e. The molecule has 2 saturated heterocycles. The van der Waals surface area contributed by atoms with Gasteiger partial charge in [-0.1, -0.05) is 72.7 Å². The van der Waals surface area contributed by atoms with Gasteiger partial charge in [0.15, 0.2) is 12.6 Å². The number of ether oxygens (including phenoxy) is 6. The summed E-state index contributed by atoms with van der Waals surface area (Å²) in [5.41, 5.74) is 3.60. The molecule has 1 aromatic rings. The van der Waals surface area contributed by atoms with Crippen LogP contribution in [0.4, 0.5) is 0 Å². The van der Waals surface area contributed by atoms with Gasteiger partial charge in [-0.2, -0.15) is 0 Å². The Kier molecular flexibility index (Phi) is 14.8. The van der Waals surface area contributed by atoms with Gasteiger partial charge in [-0.15, -0.1) is 0 Å². The summed E-state index contributed by atoms with van der Waals surface area (Å²) in [5.74, 6) is 0.721. The number of methoxy groups -OCH3 is 1. The zero-order valence-electron chi connectivity index (χ0n) is 29.9. The number of hydrogen-bond acceptors (Lipinski definition) is 7. The van der Waals surface area contributed by atoms with Crippen molar-refractivity contribution >= 4 is 5.97 Å². The van der Waals surface area contributed by atoms with Crippen LogP contribution < -0.4 is 0 Å². The van der Waals surface area contributed by atoms with E-state index in [1.807, 2.05) is 30.3 Å². The van der Waals surface area contributed by atoms with Crippen molar-refractivity contribution in [3.63, 3.8) is 0 Å². The molecule has 5 rings (SSSR count). The van der Waals surface area contributed by atoms with Crippen LogP contribution in [0, 0.1) is 29.6 Å². The first kappa shape index (κ1) is 37.0. The first-order chi connectivity index (χ1) is 23.4. The molecule has 2 heterocycles. The summed E-state index contributed by atoms with van der Waals surface area (Å²) in [4.78, 5) is 13.1. The number of allylic oxidation sites excluding steroid dienone is 3. The summed E-state index contributed by atoms with van der Waals surface area (Å²) < 4.78 is 36.8. The van der Waals surface area contributed by atoms with Crippen molar-refractivity contribution in [2.45, 2.75) is 123 Å². The van der Waals surface area contributed by atoms with Crippen LogP contribution in [0.1, 0.15) is 97.0 Å². The molecule has 0 aromatic heterocycles. The van der Waals surface area contributed by atoms with Gasteiger partial charge >= 0.3 is 5.97 Å². The van der Waals surface area contributed by atoms with E-state index >= 15 is 0 Å². The Morgan fingerprint density at radius 1 is 1.02 bits per heavy atom. The van der Waals surface area contributed by atoms with Crippen LogP contribution in [0.15, 0.2) is 65.8 Å². The molecule has 2 aliphatic heterocycles. The van der Waals surface area contributed by atoms with Gasteiger partial charge in [-0.25, -0.2) is 0 Å². The number of rotatable bonds is 17. The zero-order chi connectivity index (χ0) is 33.7. The lowest BCUT2D eigenvalue weighted by molar-refractivity contribution is -0.192. The van der Waals surface area contributed by atoms with Crippen LogP contribution in [-0.2, 0) is 39.8 Å². The van der Waals surface area contributed by atoms with Crippen LogP contribution in [0.3, 0.4) is 0 Å². The van der Waals surface area contributed by atoms with Gasteiger partial charge in [-0.05, 0) is 108 Å². The molecule has 1 aromatic carbocycles. The second kappa shape index (κ2) is 19.2. The quantitative estimate of drug-likeness (QED) is 0.122. The van der Waals surface area contributed by atoms with Crippen molar-refractivity contribution in [3.8, 4) is 0 Å². The van der Waals surface area contributed by atoms with Gasteiger partial charge in [0.1, 0.15) is 5.92 Å². The van der Waals surface area contributed by atoms with Crippen molar-refractivity contribution in [1.29, 1.82) is 0 Å². The SMILES string of the molecule is COC(=O)C(COCc1ccccc1)C1=C[C@H]2[C@@H](C1)C[C@@H](OC1CCCCO1)[C@@H]2/C=C/[C@H](CC(C)CCC=C(C)C)OC1CCCCO1. The number of carbonyl (C=O) groups is 1. The predicted octanol–water partition coefficient (Wildman–Crippen LogP) is 8.73. The normalized spacial score (nSPS) is 29.2. The Morgan fingerprint density at radius 2 is 1.77 bits per heavy atom. The van der Waals surface area contributed by atoms with E-state index in [1.54, 1.807) is 0 Å². The second-order valence-corrected chi connectivity index (χ2v) is 14.7. The number of benzene rings is 1. The fraction of sp³-hybridized carbons (Fsp3) is 0.683. The monoisotopic (exact) mass is 664 g/mol. The molecule has 2 aliphatic carbocycles. The number of carbonyl (C=O) groups excluding carboxylic acids is 1. The molecule has 266 valence electrons. The lowest BCUT2D eigenvalue weighted by atomic mass is 9.90. The summed E-state index contributed by atoms with van der Waals surface area (Å²) in [5, 5.41) is 0. The van der Waals surface area contributed by atoms with E-state index in [0.717, 1.165) is 95.0 Å². The van der Waals surface area contributed by atoms with E-state index in [4.69, 9.17) is 28.4 Å². The minimum atomic E-state index is -0.406. The molecule has 0 bridgehead atoms.